The van der Waals surface area contributed by atoms with E-state index >= 15 is 0 Å². The summed E-state index contributed by atoms with van der Waals surface area (Å²) in [4.78, 5) is 28.1. The predicted octanol–water partition coefficient (Wildman–Crippen LogP) is 2.15. The van der Waals surface area contributed by atoms with Crippen LogP contribution in [-0.4, -0.2) is 56.2 Å². The molecule has 3 heterocycles. The highest BCUT2D eigenvalue weighted by Crippen LogP contribution is 2.21. The molecule has 1 fully saturated rings. The molecule has 0 N–H and O–H groups in total. The number of carbonyl (C=O) groups excluding carboxylic acids is 1. The minimum Gasteiger partial charge on any atom is -0.377 e. The number of aryl methyl sites for hydroxylation is 1. The zero-order valence-corrected chi connectivity index (χ0v) is 16.8. The number of rotatable bonds is 3. The van der Waals surface area contributed by atoms with Crippen molar-refractivity contribution >= 4 is 17.5 Å². The Morgan fingerprint density at radius 1 is 1.28 bits per heavy atom. The van der Waals surface area contributed by atoms with Crippen molar-refractivity contribution < 1.29 is 9.53 Å². The van der Waals surface area contributed by atoms with Crippen LogP contribution >= 0.6 is 11.6 Å². The van der Waals surface area contributed by atoms with E-state index in [4.69, 9.17) is 16.3 Å². The third-order valence-electron chi connectivity index (χ3n) is 4.85. The Kier molecular flexibility index (Phi) is 5.21. The SMILES string of the molecule is CC1COCCN1C(=O)c1cc(-c2ccc(Cl)cc2)nn(-c2cnn(C)c2)c1=O. The van der Waals surface area contributed by atoms with Crippen molar-refractivity contribution in [3.05, 3.63) is 63.7 Å². The quantitative estimate of drug-likeness (QED) is 0.657. The van der Waals surface area contributed by atoms with Gasteiger partial charge in [-0.1, -0.05) is 23.7 Å². The number of benzene rings is 1. The average Bonchev–Trinajstić information content (AvgIpc) is 3.15. The minimum atomic E-state index is -0.487. The standard InChI is InChI=1S/C20H20ClN5O3/c1-13-12-29-8-7-25(13)19(27)17-9-18(14-3-5-15(21)6-4-14)23-26(20(17)28)16-10-22-24(2)11-16/h3-6,9-11,13H,7-8,12H2,1-2H3. The number of hydrogen-bond donors (Lipinski definition) is 0. The van der Waals surface area contributed by atoms with Crippen LogP contribution in [0.15, 0.2) is 47.5 Å². The van der Waals surface area contributed by atoms with Crippen molar-refractivity contribution in [3.8, 4) is 16.9 Å². The molecule has 1 unspecified atom stereocenters. The van der Waals surface area contributed by atoms with Crippen LogP contribution in [0.5, 0.6) is 0 Å². The second kappa shape index (κ2) is 7.81. The van der Waals surface area contributed by atoms with Crippen LogP contribution in [0.4, 0.5) is 0 Å². The molecule has 0 spiro atoms. The van der Waals surface area contributed by atoms with Crippen LogP contribution in [0.2, 0.25) is 5.02 Å². The van der Waals surface area contributed by atoms with E-state index in [1.54, 1.807) is 53.2 Å². The lowest BCUT2D eigenvalue weighted by Crippen LogP contribution is -2.48. The number of aromatic nitrogens is 4. The first-order valence-corrected chi connectivity index (χ1v) is 9.60. The van der Waals surface area contributed by atoms with E-state index in [1.165, 1.54) is 10.9 Å². The van der Waals surface area contributed by atoms with Gasteiger partial charge < -0.3 is 9.64 Å². The Hall–Kier alpha value is -2.97. The summed E-state index contributed by atoms with van der Waals surface area (Å²) in [7, 11) is 1.75. The molecule has 1 amide bonds. The molecule has 1 aliphatic heterocycles. The van der Waals surface area contributed by atoms with Crippen molar-refractivity contribution in [3.63, 3.8) is 0 Å². The van der Waals surface area contributed by atoms with Gasteiger partial charge in [-0.2, -0.15) is 14.9 Å². The molecular weight excluding hydrogens is 394 g/mol. The van der Waals surface area contributed by atoms with Crippen molar-refractivity contribution in [2.45, 2.75) is 13.0 Å². The molecule has 4 rings (SSSR count). The second-order valence-electron chi connectivity index (χ2n) is 6.96. The van der Waals surface area contributed by atoms with Gasteiger partial charge in [0.15, 0.2) is 0 Å². The predicted molar refractivity (Wildman–Crippen MR) is 108 cm³/mol. The summed E-state index contributed by atoms with van der Waals surface area (Å²) in [5.41, 5.74) is 1.30. The Labute approximate surface area is 172 Å². The molecule has 0 saturated carbocycles. The molecular formula is C20H20ClN5O3. The Morgan fingerprint density at radius 2 is 2.03 bits per heavy atom. The number of ether oxygens (including phenoxy) is 1. The fourth-order valence-corrected chi connectivity index (χ4v) is 3.41. The van der Waals surface area contributed by atoms with E-state index in [0.717, 1.165) is 5.56 Å². The number of hydrogen-bond acceptors (Lipinski definition) is 5. The molecule has 1 aliphatic rings. The van der Waals surface area contributed by atoms with Crippen molar-refractivity contribution in [1.29, 1.82) is 0 Å². The van der Waals surface area contributed by atoms with Crippen molar-refractivity contribution in [1.82, 2.24) is 24.5 Å². The summed E-state index contributed by atoms with van der Waals surface area (Å²) in [5.74, 6) is -0.332. The number of nitrogens with zero attached hydrogens (tertiary/aromatic N) is 5. The summed E-state index contributed by atoms with van der Waals surface area (Å²) in [6.07, 6.45) is 3.21. The van der Waals surface area contributed by atoms with Gasteiger partial charge >= 0.3 is 0 Å². The summed E-state index contributed by atoms with van der Waals surface area (Å²) in [6, 6.07) is 8.51. The van der Waals surface area contributed by atoms with Crippen LogP contribution in [0.3, 0.4) is 0 Å². The maximum absolute atomic E-state index is 13.2. The lowest BCUT2D eigenvalue weighted by Gasteiger charge is -2.33. The molecule has 2 aromatic heterocycles. The maximum atomic E-state index is 13.2. The van der Waals surface area contributed by atoms with Gasteiger partial charge in [-0.25, -0.2) is 0 Å². The molecule has 0 radical (unpaired) electrons. The Morgan fingerprint density at radius 3 is 2.69 bits per heavy atom. The van der Waals surface area contributed by atoms with E-state index in [2.05, 4.69) is 10.2 Å². The lowest BCUT2D eigenvalue weighted by atomic mass is 10.1. The van der Waals surface area contributed by atoms with E-state index in [0.29, 0.717) is 36.2 Å². The highest BCUT2D eigenvalue weighted by molar-refractivity contribution is 6.30. The van der Waals surface area contributed by atoms with Gasteiger partial charge in [-0.15, -0.1) is 0 Å². The minimum absolute atomic E-state index is 0.0579. The largest absolute Gasteiger partial charge is 0.377 e. The molecule has 150 valence electrons. The highest BCUT2D eigenvalue weighted by Gasteiger charge is 2.28. The van der Waals surface area contributed by atoms with Gasteiger partial charge in [0.2, 0.25) is 0 Å². The Bertz CT molecular complexity index is 1110. The van der Waals surface area contributed by atoms with Crippen LogP contribution in [0, 0.1) is 0 Å². The molecule has 0 aliphatic carbocycles. The summed E-state index contributed by atoms with van der Waals surface area (Å²) >= 11 is 5.99. The zero-order chi connectivity index (χ0) is 20.5. The molecule has 3 aromatic rings. The molecule has 9 heteroatoms. The molecule has 29 heavy (non-hydrogen) atoms. The van der Waals surface area contributed by atoms with E-state index in [-0.39, 0.29) is 17.5 Å². The molecule has 8 nitrogen and oxygen atoms in total. The normalized spacial score (nSPS) is 16.8. The first kappa shape index (κ1) is 19.4. The van der Waals surface area contributed by atoms with Gasteiger partial charge in [0.05, 0.1) is 37.3 Å². The number of amides is 1. The number of morpholine rings is 1. The Balaban J connectivity index is 1.87. The summed E-state index contributed by atoms with van der Waals surface area (Å²) < 4.78 is 8.21. The average molecular weight is 414 g/mol. The monoisotopic (exact) mass is 413 g/mol. The summed E-state index contributed by atoms with van der Waals surface area (Å²) in [5, 5.41) is 9.18. The summed E-state index contributed by atoms with van der Waals surface area (Å²) in [6.45, 7) is 3.22. The van der Waals surface area contributed by atoms with Crippen LogP contribution in [-0.2, 0) is 11.8 Å². The van der Waals surface area contributed by atoms with Gasteiger partial charge in [-0.3, -0.25) is 14.3 Å². The molecule has 1 atom stereocenters. The van der Waals surface area contributed by atoms with Crippen LogP contribution < -0.4 is 5.56 Å². The zero-order valence-electron chi connectivity index (χ0n) is 16.1. The fourth-order valence-electron chi connectivity index (χ4n) is 3.29. The van der Waals surface area contributed by atoms with Gasteiger partial charge in [-0.05, 0) is 25.1 Å². The first-order valence-electron chi connectivity index (χ1n) is 9.22. The molecule has 1 aromatic carbocycles. The van der Waals surface area contributed by atoms with Gasteiger partial charge in [0.25, 0.3) is 11.5 Å². The fraction of sp³-hybridized carbons (Fsp3) is 0.300. The molecule has 0 bridgehead atoms. The number of carbonyl (C=O) groups is 1. The maximum Gasteiger partial charge on any atom is 0.284 e. The van der Waals surface area contributed by atoms with E-state index in [9.17, 15) is 9.59 Å². The van der Waals surface area contributed by atoms with E-state index < -0.39 is 5.56 Å². The van der Waals surface area contributed by atoms with E-state index in [1.807, 2.05) is 6.92 Å². The van der Waals surface area contributed by atoms with Gasteiger partial charge in [0.1, 0.15) is 11.3 Å². The molecule has 1 saturated heterocycles. The lowest BCUT2D eigenvalue weighted by molar-refractivity contribution is 0.00346. The van der Waals surface area contributed by atoms with Gasteiger partial charge in [0, 0.05) is 24.2 Å². The van der Waals surface area contributed by atoms with Crippen molar-refractivity contribution in [2.24, 2.45) is 7.05 Å². The number of halogens is 1. The first-order chi connectivity index (χ1) is 13.9. The van der Waals surface area contributed by atoms with Crippen LogP contribution in [0.1, 0.15) is 17.3 Å². The topological polar surface area (TPSA) is 82.2 Å². The third kappa shape index (κ3) is 3.81. The highest BCUT2D eigenvalue weighted by atomic mass is 35.5. The third-order valence-corrected chi connectivity index (χ3v) is 5.10. The second-order valence-corrected chi connectivity index (χ2v) is 7.40. The smallest absolute Gasteiger partial charge is 0.284 e. The van der Waals surface area contributed by atoms with Crippen molar-refractivity contribution in [2.75, 3.05) is 19.8 Å². The van der Waals surface area contributed by atoms with Crippen LogP contribution in [0.25, 0.3) is 16.9 Å².